The van der Waals surface area contributed by atoms with E-state index in [2.05, 4.69) is 20.5 Å². The average molecular weight is 432 g/mol. The van der Waals surface area contributed by atoms with Crippen LogP contribution in [-0.2, 0) is 4.79 Å². The molecule has 1 aliphatic rings. The predicted molar refractivity (Wildman–Crippen MR) is 104 cm³/mol. The van der Waals surface area contributed by atoms with E-state index in [0.29, 0.717) is 13.2 Å². The van der Waals surface area contributed by atoms with E-state index in [0.717, 1.165) is 30.5 Å². The van der Waals surface area contributed by atoms with Crippen molar-refractivity contribution in [3.8, 4) is 5.75 Å². The van der Waals surface area contributed by atoms with Crippen LogP contribution in [0.1, 0.15) is 19.8 Å². The number of aliphatic imine (C=N–C) groups is 1. The van der Waals surface area contributed by atoms with E-state index in [9.17, 15) is 4.79 Å². The van der Waals surface area contributed by atoms with Gasteiger partial charge in [-0.15, -0.1) is 24.0 Å². The minimum absolute atomic E-state index is 0. The lowest BCUT2D eigenvalue weighted by molar-refractivity contribution is -0.114. The Morgan fingerprint density at radius 2 is 2.09 bits per heavy atom. The van der Waals surface area contributed by atoms with Crippen LogP contribution in [0.4, 0.5) is 5.69 Å². The average Bonchev–Trinajstić information content (AvgIpc) is 3.01. The van der Waals surface area contributed by atoms with Crippen LogP contribution >= 0.6 is 24.0 Å². The second kappa shape index (κ2) is 10.3. The Bertz CT molecular complexity index is 531. The van der Waals surface area contributed by atoms with Gasteiger partial charge in [0, 0.05) is 38.8 Å². The summed E-state index contributed by atoms with van der Waals surface area (Å²) in [5, 5.41) is 6.05. The third-order valence-electron chi connectivity index (χ3n) is 3.43. The molecule has 1 saturated heterocycles. The van der Waals surface area contributed by atoms with Gasteiger partial charge in [0.15, 0.2) is 5.96 Å². The molecule has 0 atom stereocenters. The number of amides is 1. The zero-order valence-corrected chi connectivity index (χ0v) is 16.0. The molecule has 1 fully saturated rings. The van der Waals surface area contributed by atoms with E-state index in [1.54, 1.807) is 7.05 Å². The van der Waals surface area contributed by atoms with Crippen molar-refractivity contribution in [2.45, 2.75) is 19.8 Å². The number of hydrogen-bond acceptors (Lipinski definition) is 3. The summed E-state index contributed by atoms with van der Waals surface area (Å²) < 4.78 is 5.70. The summed E-state index contributed by atoms with van der Waals surface area (Å²) >= 11 is 0. The van der Waals surface area contributed by atoms with Gasteiger partial charge in [0.05, 0.1) is 6.54 Å². The standard InChI is InChI=1S/C16H24N4O2.HI/c1-13(21)19-14-6-5-7-15(12-14)22-11-8-18-16(17-2)20-9-3-4-10-20;/h5-7,12H,3-4,8-11H2,1-2H3,(H,17,18)(H,19,21);1H. The largest absolute Gasteiger partial charge is 0.492 e. The van der Waals surface area contributed by atoms with Crippen molar-refractivity contribution in [3.05, 3.63) is 24.3 Å². The molecule has 1 aromatic carbocycles. The fraction of sp³-hybridized carbons (Fsp3) is 0.500. The number of ether oxygens (including phenoxy) is 1. The highest BCUT2D eigenvalue weighted by Gasteiger charge is 2.14. The molecule has 0 unspecified atom stereocenters. The summed E-state index contributed by atoms with van der Waals surface area (Å²) in [6, 6.07) is 7.39. The second-order valence-corrected chi connectivity index (χ2v) is 5.23. The number of halogens is 1. The van der Waals surface area contributed by atoms with Crippen molar-refractivity contribution >= 4 is 41.5 Å². The first-order valence-electron chi connectivity index (χ1n) is 7.65. The number of carbonyl (C=O) groups is 1. The van der Waals surface area contributed by atoms with Gasteiger partial charge in [-0.3, -0.25) is 9.79 Å². The first-order valence-corrected chi connectivity index (χ1v) is 7.65. The summed E-state index contributed by atoms with van der Waals surface area (Å²) in [7, 11) is 1.80. The van der Waals surface area contributed by atoms with Gasteiger partial charge in [0.1, 0.15) is 12.4 Å². The van der Waals surface area contributed by atoms with Crippen LogP contribution in [0.2, 0.25) is 0 Å². The smallest absolute Gasteiger partial charge is 0.221 e. The summed E-state index contributed by atoms with van der Waals surface area (Å²) in [6.07, 6.45) is 2.46. The molecule has 1 aliphatic heterocycles. The molecule has 0 saturated carbocycles. The van der Waals surface area contributed by atoms with Gasteiger partial charge in [-0.2, -0.15) is 0 Å². The zero-order chi connectivity index (χ0) is 15.8. The maximum atomic E-state index is 11.0. The summed E-state index contributed by atoms with van der Waals surface area (Å²) in [5.74, 6) is 1.59. The van der Waals surface area contributed by atoms with Gasteiger partial charge < -0.3 is 20.3 Å². The monoisotopic (exact) mass is 432 g/mol. The zero-order valence-electron chi connectivity index (χ0n) is 13.7. The molecule has 23 heavy (non-hydrogen) atoms. The summed E-state index contributed by atoms with van der Waals surface area (Å²) in [5.41, 5.74) is 0.742. The normalized spacial score (nSPS) is 14.2. The number of hydrogen-bond donors (Lipinski definition) is 2. The highest BCUT2D eigenvalue weighted by atomic mass is 127. The van der Waals surface area contributed by atoms with E-state index in [1.807, 2.05) is 24.3 Å². The van der Waals surface area contributed by atoms with Crippen molar-refractivity contribution < 1.29 is 9.53 Å². The van der Waals surface area contributed by atoms with E-state index >= 15 is 0 Å². The summed E-state index contributed by atoms with van der Waals surface area (Å²) in [6.45, 7) is 4.85. The maximum Gasteiger partial charge on any atom is 0.221 e. The van der Waals surface area contributed by atoms with E-state index in [4.69, 9.17) is 4.74 Å². The lowest BCUT2D eigenvalue weighted by Crippen LogP contribution is -2.41. The van der Waals surface area contributed by atoms with Gasteiger partial charge in [0.2, 0.25) is 5.91 Å². The molecular weight excluding hydrogens is 407 g/mol. The lowest BCUT2D eigenvalue weighted by Gasteiger charge is -2.20. The summed E-state index contributed by atoms with van der Waals surface area (Å²) in [4.78, 5) is 17.6. The minimum atomic E-state index is -0.0896. The van der Waals surface area contributed by atoms with E-state index in [1.165, 1.54) is 19.8 Å². The van der Waals surface area contributed by atoms with Crippen molar-refractivity contribution in [2.75, 3.05) is 38.6 Å². The Balaban J connectivity index is 0.00000264. The molecule has 0 spiro atoms. The van der Waals surface area contributed by atoms with Crippen molar-refractivity contribution in [1.82, 2.24) is 10.2 Å². The highest BCUT2D eigenvalue weighted by Crippen LogP contribution is 2.17. The van der Waals surface area contributed by atoms with Crippen LogP contribution in [0.5, 0.6) is 5.75 Å². The Labute approximate surface area is 154 Å². The van der Waals surface area contributed by atoms with Crippen LogP contribution in [0.15, 0.2) is 29.3 Å². The van der Waals surface area contributed by atoms with Gasteiger partial charge in [-0.05, 0) is 25.0 Å². The first-order chi connectivity index (χ1) is 10.7. The third-order valence-corrected chi connectivity index (χ3v) is 3.43. The molecule has 1 amide bonds. The number of likely N-dealkylation sites (tertiary alicyclic amines) is 1. The number of nitrogens with one attached hydrogen (secondary N) is 2. The predicted octanol–water partition coefficient (Wildman–Crippen LogP) is 2.31. The van der Waals surface area contributed by atoms with Crippen molar-refractivity contribution in [1.29, 1.82) is 0 Å². The lowest BCUT2D eigenvalue weighted by atomic mass is 10.3. The minimum Gasteiger partial charge on any atom is -0.492 e. The molecule has 1 heterocycles. The number of carbonyl (C=O) groups excluding carboxylic acids is 1. The molecule has 2 N–H and O–H groups in total. The molecule has 128 valence electrons. The molecule has 0 radical (unpaired) electrons. The Hall–Kier alpha value is -1.51. The molecule has 0 aromatic heterocycles. The van der Waals surface area contributed by atoms with Gasteiger partial charge in [-0.25, -0.2) is 0 Å². The number of benzene rings is 1. The fourth-order valence-electron chi connectivity index (χ4n) is 2.46. The topological polar surface area (TPSA) is 66.0 Å². The van der Waals surface area contributed by atoms with Gasteiger partial charge >= 0.3 is 0 Å². The molecule has 6 nitrogen and oxygen atoms in total. The molecular formula is C16H25IN4O2. The Morgan fingerprint density at radius 3 is 2.74 bits per heavy atom. The molecule has 7 heteroatoms. The Morgan fingerprint density at radius 1 is 1.35 bits per heavy atom. The number of anilines is 1. The second-order valence-electron chi connectivity index (χ2n) is 5.23. The highest BCUT2D eigenvalue weighted by molar-refractivity contribution is 14.0. The molecule has 0 bridgehead atoms. The third kappa shape index (κ3) is 6.64. The number of nitrogens with zero attached hydrogens (tertiary/aromatic N) is 2. The van der Waals surface area contributed by atoms with E-state index in [-0.39, 0.29) is 29.9 Å². The van der Waals surface area contributed by atoms with Crippen LogP contribution in [0.25, 0.3) is 0 Å². The van der Waals surface area contributed by atoms with Gasteiger partial charge in [0.25, 0.3) is 0 Å². The molecule has 1 aromatic rings. The first kappa shape index (κ1) is 19.5. The van der Waals surface area contributed by atoms with E-state index < -0.39 is 0 Å². The maximum absolute atomic E-state index is 11.0. The van der Waals surface area contributed by atoms with Crippen LogP contribution < -0.4 is 15.4 Å². The quantitative estimate of drug-likeness (QED) is 0.325. The number of rotatable bonds is 5. The fourth-order valence-corrected chi connectivity index (χ4v) is 2.46. The SMILES string of the molecule is CN=C(NCCOc1cccc(NC(C)=O)c1)N1CCCC1.I. The van der Waals surface area contributed by atoms with Gasteiger partial charge in [-0.1, -0.05) is 6.07 Å². The van der Waals surface area contributed by atoms with Crippen LogP contribution in [-0.4, -0.2) is 50.1 Å². The van der Waals surface area contributed by atoms with Crippen molar-refractivity contribution in [2.24, 2.45) is 4.99 Å². The van der Waals surface area contributed by atoms with Crippen LogP contribution in [0, 0.1) is 0 Å². The molecule has 2 rings (SSSR count). The van der Waals surface area contributed by atoms with Crippen molar-refractivity contribution in [3.63, 3.8) is 0 Å². The number of guanidine groups is 1. The molecule has 0 aliphatic carbocycles. The Kier molecular flexibility index (Phi) is 8.75. The van der Waals surface area contributed by atoms with Crippen LogP contribution in [0.3, 0.4) is 0 Å².